The van der Waals surface area contributed by atoms with E-state index >= 15 is 0 Å². The third kappa shape index (κ3) is 3.31. The number of aromatic nitrogens is 2. The fourth-order valence-corrected chi connectivity index (χ4v) is 4.63. The summed E-state index contributed by atoms with van der Waals surface area (Å²) in [5.74, 6) is 2.34. The average Bonchev–Trinajstić information content (AvgIpc) is 3.28. The Kier molecular flexibility index (Phi) is 4.77. The zero-order valence-corrected chi connectivity index (χ0v) is 15.1. The molecule has 4 rings (SSSR count). The lowest BCUT2D eigenvalue weighted by molar-refractivity contribution is 0.0125. The van der Waals surface area contributed by atoms with E-state index in [9.17, 15) is 0 Å². The van der Waals surface area contributed by atoms with Crippen LogP contribution in [0.2, 0.25) is 0 Å². The second kappa shape index (κ2) is 7.18. The van der Waals surface area contributed by atoms with Crippen LogP contribution in [0.15, 0.2) is 30.5 Å². The van der Waals surface area contributed by atoms with Crippen molar-refractivity contribution in [1.29, 1.82) is 0 Å². The van der Waals surface area contributed by atoms with Crippen molar-refractivity contribution in [3.63, 3.8) is 0 Å². The summed E-state index contributed by atoms with van der Waals surface area (Å²) in [6.07, 6.45) is 6.26. The summed E-state index contributed by atoms with van der Waals surface area (Å²) in [6.45, 7) is 3.24. The highest BCUT2D eigenvalue weighted by atomic mass is 16.5. The quantitative estimate of drug-likeness (QED) is 0.906. The minimum atomic E-state index is 0.436. The number of methoxy groups -OCH3 is 2. The number of nitrogens with one attached hydrogen (secondary N) is 1. The second-order valence-corrected chi connectivity index (χ2v) is 7.33. The molecule has 1 aromatic carbocycles. The number of ether oxygens (including phenoxy) is 2. The van der Waals surface area contributed by atoms with Crippen molar-refractivity contribution < 1.29 is 9.47 Å². The van der Waals surface area contributed by atoms with E-state index in [0.29, 0.717) is 12.0 Å². The van der Waals surface area contributed by atoms with Crippen LogP contribution in [0.25, 0.3) is 11.3 Å². The van der Waals surface area contributed by atoms with Crippen LogP contribution < -0.4 is 4.74 Å². The van der Waals surface area contributed by atoms with Gasteiger partial charge >= 0.3 is 0 Å². The smallest absolute Gasteiger partial charge is 0.119 e. The van der Waals surface area contributed by atoms with Gasteiger partial charge < -0.3 is 9.47 Å². The van der Waals surface area contributed by atoms with E-state index in [1.54, 1.807) is 7.11 Å². The molecule has 3 atom stereocenters. The van der Waals surface area contributed by atoms with E-state index in [2.05, 4.69) is 27.2 Å². The van der Waals surface area contributed by atoms with Gasteiger partial charge in [0.15, 0.2) is 0 Å². The molecule has 1 aliphatic heterocycles. The van der Waals surface area contributed by atoms with Crippen LogP contribution in [-0.4, -0.2) is 48.5 Å². The maximum Gasteiger partial charge on any atom is 0.119 e. The van der Waals surface area contributed by atoms with Crippen LogP contribution in [0.1, 0.15) is 24.8 Å². The highest BCUT2D eigenvalue weighted by molar-refractivity contribution is 5.64. The predicted molar refractivity (Wildman–Crippen MR) is 97.5 cm³/mol. The molecular weight excluding hydrogens is 314 g/mol. The maximum atomic E-state index is 5.75. The molecule has 0 radical (unpaired) electrons. The number of aromatic amines is 1. The highest BCUT2D eigenvalue weighted by Gasteiger charge is 2.40. The van der Waals surface area contributed by atoms with E-state index in [4.69, 9.17) is 9.47 Å². The molecule has 5 heteroatoms. The molecule has 134 valence electrons. The number of H-pyrrole nitrogens is 1. The first-order valence-electron chi connectivity index (χ1n) is 9.20. The Bertz CT molecular complexity index is 714. The molecule has 1 N–H and O–H groups in total. The van der Waals surface area contributed by atoms with Gasteiger partial charge in [0.25, 0.3) is 0 Å². The zero-order valence-electron chi connectivity index (χ0n) is 15.1. The Balaban J connectivity index is 1.50. The van der Waals surface area contributed by atoms with Crippen LogP contribution in [0.4, 0.5) is 0 Å². The Morgan fingerprint density at radius 1 is 1.24 bits per heavy atom. The van der Waals surface area contributed by atoms with E-state index in [0.717, 1.165) is 36.0 Å². The Hall–Kier alpha value is -1.85. The summed E-state index contributed by atoms with van der Waals surface area (Å²) in [4.78, 5) is 2.57. The topological polar surface area (TPSA) is 50.4 Å². The molecule has 2 heterocycles. The van der Waals surface area contributed by atoms with Gasteiger partial charge in [-0.2, -0.15) is 5.10 Å². The number of hydrogen-bond donors (Lipinski definition) is 1. The normalized spacial score (nSPS) is 26.6. The standard InChI is InChI=1S/C20H27N3O2/c1-24-17-7-3-5-14(9-17)20-16(10-21-22-20)12-23-11-15-6-4-8-19(25-2)18(15)13-23/h3,5,7,9-10,15,18-19H,4,6,8,11-13H2,1-2H3,(H,21,22)/t15-,18+,19-/m1/s1. The van der Waals surface area contributed by atoms with Crippen molar-refractivity contribution >= 4 is 0 Å². The molecule has 0 unspecified atom stereocenters. The summed E-state index contributed by atoms with van der Waals surface area (Å²) in [5, 5.41) is 7.47. The van der Waals surface area contributed by atoms with Crippen molar-refractivity contribution in [2.75, 3.05) is 27.3 Å². The van der Waals surface area contributed by atoms with E-state index in [1.165, 1.54) is 31.4 Å². The number of benzene rings is 1. The van der Waals surface area contributed by atoms with Crippen LogP contribution >= 0.6 is 0 Å². The lowest BCUT2D eigenvalue weighted by Gasteiger charge is -2.31. The van der Waals surface area contributed by atoms with Gasteiger partial charge in [-0.1, -0.05) is 18.6 Å². The largest absolute Gasteiger partial charge is 0.497 e. The van der Waals surface area contributed by atoms with Crippen LogP contribution in [0.5, 0.6) is 5.75 Å². The minimum Gasteiger partial charge on any atom is -0.497 e. The predicted octanol–water partition coefficient (Wildman–Crippen LogP) is 3.33. The number of hydrogen-bond acceptors (Lipinski definition) is 4. The van der Waals surface area contributed by atoms with Crippen molar-refractivity contribution in [1.82, 2.24) is 15.1 Å². The molecule has 0 spiro atoms. The minimum absolute atomic E-state index is 0.436. The van der Waals surface area contributed by atoms with Gasteiger partial charge in [0.2, 0.25) is 0 Å². The molecule has 0 bridgehead atoms. The molecule has 0 amide bonds. The van der Waals surface area contributed by atoms with Crippen molar-refractivity contribution in [3.8, 4) is 17.0 Å². The van der Waals surface area contributed by atoms with Crippen LogP contribution in [0.3, 0.4) is 0 Å². The molecule has 2 aromatic rings. The molecule has 1 saturated carbocycles. The fraction of sp³-hybridized carbons (Fsp3) is 0.550. The van der Waals surface area contributed by atoms with Crippen LogP contribution in [-0.2, 0) is 11.3 Å². The third-order valence-electron chi connectivity index (χ3n) is 5.88. The first-order chi connectivity index (χ1) is 12.3. The molecule has 2 aliphatic rings. The van der Waals surface area contributed by atoms with Gasteiger partial charge in [-0.3, -0.25) is 10.00 Å². The van der Waals surface area contributed by atoms with Crippen molar-refractivity contribution in [2.45, 2.75) is 31.9 Å². The number of likely N-dealkylation sites (tertiary alicyclic amines) is 1. The molecule has 5 nitrogen and oxygen atoms in total. The van der Waals surface area contributed by atoms with Gasteiger partial charge in [0, 0.05) is 43.8 Å². The van der Waals surface area contributed by atoms with E-state index < -0.39 is 0 Å². The van der Waals surface area contributed by atoms with Crippen LogP contribution in [0, 0.1) is 11.8 Å². The van der Waals surface area contributed by atoms with E-state index in [-0.39, 0.29) is 0 Å². The van der Waals surface area contributed by atoms with Gasteiger partial charge in [-0.15, -0.1) is 0 Å². The average molecular weight is 341 g/mol. The molecule has 1 saturated heterocycles. The first kappa shape index (κ1) is 16.6. The van der Waals surface area contributed by atoms with Gasteiger partial charge in [0.1, 0.15) is 5.75 Å². The molecule has 2 fully saturated rings. The number of fused-ring (bicyclic) bond motifs is 1. The summed E-state index contributed by atoms with van der Waals surface area (Å²) >= 11 is 0. The Morgan fingerprint density at radius 2 is 2.16 bits per heavy atom. The third-order valence-corrected chi connectivity index (χ3v) is 5.88. The monoisotopic (exact) mass is 341 g/mol. The summed E-state index contributed by atoms with van der Waals surface area (Å²) in [6, 6.07) is 8.15. The first-order valence-corrected chi connectivity index (χ1v) is 9.20. The highest BCUT2D eigenvalue weighted by Crippen LogP contribution is 2.38. The molecule has 1 aliphatic carbocycles. The lowest BCUT2D eigenvalue weighted by Crippen LogP contribution is -2.33. The van der Waals surface area contributed by atoms with Gasteiger partial charge in [-0.25, -0.2) is 0 Å². The second-order valence-electron chi connectivity index (χ2n) is 7.33. The van der Waals surface area contributed by atoms with Gasteiger partial charge in [-0.05, 0) is 30.9 Å². The summed E-state index contributed by atoms with van der Waals surface area (Å²) in [5.41, 5.74) is 3.47. The number of nitrogens with zero attached hydrogens (tertiary/aromatic N) is 2. The van der Waals surface area contributed by atoms with Crippen molar-refractivity contribution in [2.24, 2.45) is 11.8 Å². The number of rotatable bonds is 5. The van der Waals surface area contributed by atoms with Gasteiger partial charge in [0.05, 0.1) is 25.1 Å². The zero-order chi connectivity index (χ0) is 17.2. The Morgan fingerprint density at radius 3 is 3.00 bits per heavy atom. The van der Waals surface area contributed by atoms with E-state index in [1.807, 2.05) is 25.4 Å². The Labute approximate surface area is 149 Å². The molecular formula is C20H27N3O2. The maximum absolute atomic E-state index is 5.75. The SMILES string of the molecule is COc1cccc(-c2[nH]ncc2CN2C[C@H]3CCC[C@@H](OC)[C@H]3C2)c1. The summed E-state index contributed by atoms with van der Waals surface area (Å²) in [7, 11) is 3.57. The molecule has 25 heavy (non-hydrogen) atoms. The lowest BCUT2D eigenvalue weighted by atomic mass is 9.79. The van der Waals surface area contributed by atoms with Crippen molar-refractivity contribution in [3.05, 3.63) is 36.0 Å². The molecule has 1 aromatic heterocycles. The fourth-order valence-electron chi connectivity index (χ4n) is 4.63. The summed E-state index contributed by atoms with van der Waals surface area (Å²) < 4.78 is 11.1.